The first-order chi connectivity index (χ1) is 10.0. The highest BCUT2D eigenvalue weighted by Gasteiger charge is 2.06. The number of pyridine rings is 1. The Hall–Kier alpha value is -2.54. The number of thioether (sulfide) groups is 1. The van der Waals surface area contributed by atoms with Crippen molar-refractivity contribution in [1.82, 2.24) is 4.98 Å². The summed E-state index contributed by atoms with van der Waals surface area (Å²) < 4.78 is 0. The predicted octanol–water partition coefficient (Wildman–Crippen LogP) is 2.09. The molecule has 21 heavy (non-hydrogen) atoms. The Morgan fingerprint density at radius 1 is 1.19 bits per heavy atom. The minimum absolute atomic E-state index is 0.176. The SMILES string of the molecule is Nc1ccc(SCC(=O)Nc2ccc(C(=O)O)cc2)cn1. The van der Waals surface area contributed by atoms with E-state index in [1.807, 2.05) is 0 Å². The number of rotatable bonds is 5. The molecule has 2 aromatic rings. The van der Waals surface area contributed by atoms with Gasteiger partial charge >= 0.3 is 5.97 Å². The number of hydrogen-bond donors (Lipinski definition) is 3. The van der Waals surface area contributed by atoms with Gasteiger partial charge in [-0.1, -0.05) is 0 Å². The largest absolute Gasteiger partial charge is 0.478 e. The molecule has 6 nitrogen and oxygen atoms in total. The van der Waals surface area contributed by atoms with Gasteiger partial charge in [0.25, 0.3) is 0 Å². The number of nitrogens with one attached hydrogen (secondary N) is 1. The Labute approximate surface area is 125 Å². The molecule has 0 aliphatic rings. The second-order valence-electron chi connectivity index (χ2n) is 4.14. The number of carboxylic acids is 1. The Morgan fingerprint density at radius 2 is 1.90 bits per heavy atom. The van der Waals surface area contributed by atoms with Crippen LogP contribution in [0.25, 0.3) is 0 Å². The molecule has 1 amide bonds. The maximum absolute atomic E-state index is 11.8. The molecule has 0 aliphatic heterocycles. The van der Waals surface area contributed by atoms with E-state index in [1.54, 1.807) is 30.5 Å². The fourth-order valence-corrected chi connectivity index (χ4v) is 2.18. The summed E-state index contributed by atoms with van der Waals surface area (Å²) in [6, 6.07) is 9.45. The van der Waals surface area contributed by atoms with Crippen molar-refractivity contribution in [3.8, 4) is 0 Å². The lowest BCUT2D eigenvalue weighted by Crippen LogP contribution is -2.14. The standard InChI is InChI=1S/C14H13N3O3S/c15-12-6-5-11(7-16-12)21-8-13(18)17-10-3-1-9(2-4-10)14(19)20/h1-7H,8H2,(H2,15,16)(H,17,18)(H,19,20). The van der Waals surface area contributed by atoms with Crippen LogP contribution in [-0.2, 0) is 4.79 Å². The summed E-state index contributed by atoms with van der Waals surface area (Å²) in [6.45, 7) is 0. The lowest BCUT2D eigenvalue weighted by atomic mass is 10.2. The molecular weight excluding hydrogens is 290 g/mol. The van der Waals surface area contributed by atoms with Gasteiger partial charge in [0.1, 0.15) is 5.82 Å². The van der Waals surface area contributed by atoms with E-state index in [0.29, 0.717) is 11.5 Å². The number of carbonyl (C=O) groups is 2. The summed E-state index contributed by atoms with van der Waals surface area (Å²) in [5, 5.41) is 11.5. The number of carbonyl (C=O) groups excluding carboxylic acids is 1. The molecule has 0 radical (unpaired) electrons. The Bertz CT molecular complexity index is 642. The molecule has 0 saturated heterocycles. The summed E-state index contributed by atoms with van der Waals surface area (Å²) in [5.74, 6) is -0.520. The molecule has 1 aromatic heterocycles. The number of nitrogens with two attached hydrogens (primary N) is 1. The van der Waals surface area contributed by atoms with Crippen LogP contribution in [0.15, 0.2) is 47.5 Å². The first-order valence-electron chi connectivity index (χ1n) is 6.02. The van der Waals surface area contributed by atoms with E-state index in [-0.39, 0.29) is 17.2 Å². The Balaban J connectivity index is 1.86. The minimum Gasteiger partial charge on any atom is -0.478 e. The number of aromatic carboxylic acids is 1. The molecule has 7 heteroatoms. The van der Waals surface area contributed by atoms with Gasteiger partial charge in [-0.3, -0.25) is 4.79 Å². The van der Waals surface area contributed by atoms with Crippen molar-refractivity contribution in [2.24, 2.45) is 0 Å². The quantitative estimate of drug-likeness (QED) is 0.730. The van der Waals surface area contributed by atoms with Crippen molar-refractivity contribution in [3.63, 3.8) is 0 Å². The van der Waals surface area contributed by atoms with Crippen LogP contribution in [0.5, 0.6) is 0 Å². The summed E-state index contributed by atoms with van der Waals surface area (Å²) in [4.78, 5) is 27.3. The highest BCUT2D eigenvalue weighted by molar-refractivity contribution is 8.00. The van der Waals surface area contributed by atoms with E-state index < -0.39 is 5.97 Å². The van der Waals surface area contributed by atoms with Crippen LogP contribution in [0.3, 0.4) is 0 Å². The summed E-state index contributed by atoms with van der Waals surface area (Å²) in [5.41, 5.74) is 6.21. The van der Waals surface area contributed by atoms with Gasteiger partial charge < -0.3 is 16.2 Å². The third-order valence-electron chi connectivity index (χ3n) is 2.54. The smallest absolute Gasteiger partial charge is 0.335 e. The molecule has 0 atom stereocenters. The average molecular weight is 303 g/mol. The predicted molar refractivity (Wildman–Crippen MR) is 81.4 cm³/mol. The van der Waals surface area contributed by atoms with Crippen molar-refractivity contribution < 1.29 is 14.7 Å². The Morgan fingerprint density at radius 3 is 2.48 bits per heavy atom. The molecule has 108 valence electrons. The number of hydrogen-bond acceptors (Lipinski definition) is 5. The van der Waals surface area contributed by atoms with Gasteiger partial charge in [-0.25, -0.2) is 9.78 Å². The zero-order chi connectivity index (χ0) is 15.2. The summed E-state index contributed by atoms with van der Waals surface area (Å²) in [6.07, 6.45) is 1.61. The fraction of sp³-hybridized carbons (Fsp3) is 0.0714. The van der Waals surface area contributed by atoms with E-state index in [4.69, 9.17) is 10.8 Å². The zero-order valence-electron chi connectivity index (χ0n) is 10.9. The molecule has 0 bridgehead atoms. The summed E-state index contributed by atoms with van der Waals surface area (Å²) >= 11 is 1.34. The minimum atomic E-state index is -1.00. The van der Waals surface area contributed by atoms with Gasteiger partial charge in [-0.15, -0.1) is 11.8 Å². The number of anilines is 2. The lowest BCUT2D eigenvalue weighted by Gasteiger charge is -2.05. The first-order valence-corrected chi connectivity index (χ1v) is 7.01. The second kappa shape index (κ2) is 6.76. The van der Waals surface area contributed by atoms with Crippen LogP contribution in [0, 0.1) is 0 Å². The van der Waals surface area contributed by atoms with Crippen LogP contribution in [0.2, 0.25) is 0 Å². The van der Waals surface area contributed by atoms with Gasteiger partial charge in [-0.05, 0) is 36.4 Å². The van der Waals surface area contributed by atoms with Crippen molar-refractivity contribution in [3.05, 3.63) is 48.2 Å². The van der Waals surface area contributed by atoms with Crippen molar-refractivity contribution in [2.45, 2.75) is 4.90 Å². The normalized spacial score (nSPS) is 10.1. The topological polar surface area (TPSA) is 105 Å². The molecular formula is C14H13N3O3S. The maximum atomic E-state index is 11.8. The van der Waals surface area contributed by atoms with Crippen LogP contribution >= 0.6 is 11.8 Å². The highest BCUT2D eigenvalue weighted by atomic mass is 32.2. The number of carboxylic acid groups (broad SMARTS) is 1. The third-order valence-corrected chi connectivity index (χ3v) is 3.53. The van der Waals surface area contributed by atoms with Crippen LogP contribution in [0.1, 0.15) is 10.4 Å². The van der Waals surface area contributed by atoms with Gasteiger partial charge in [0.05, 0.1) is 11.3 Å². The van der Waals surface area contributed by atoms with E-state index in [9.17, 15) is 9.59 Å². The average Bonchev–Trinajstić information content (AvgIpc) is 2.47. The zero-order valence-corrected chi connectivity index (χ0v) is 11.8. The molecule has 1 heterocycles. The molecule has 2 rings (SSSR count). The lowest BCUT2D eigenvalue weighted by molar-refractivity contribution is -0.113. The third kappa shape index (κ3) is 4.50. The van der Waals surface area contributed by atoms with E-state index in [0.717, 1.165) is 4.90 Å². The number of benzene rings is 1. The van der Waals surface area contributed by atoms with Gasteiger partial charge in [0.2, 0.25) is 5.91 Å². The van der Waals surface area contributed by atoms with Crippen LogP contribution in [-0.4, -0.2) is 27.7 Å². The summed E-state index contributed by atoms with van der Waals surface area (Å²) in [7, 11) is 0. The van der Waals surface area contributed by atoms with Gasteiger partial charge in [-0.2, -0.15) is 0 Å². The van der Waals surface area contributed by atoms with Crippen molar-refractivity contribution in [1.29, 1.82) is 0 Å². The van der Waals surface area contributed by atoms with E-state index in [2.05, 4.69) is 10.3 Å². The first kappa shape index (κ1) is 14.9. The second-order valence-corrected chi connectivity index (χ2v) is 5.19. The molecule has 1 aromatic carbocycles. The van der Waals surface area contributed by atoms with Crippen molar-refractivity contribution >= 4 is 35.1 Å². The highest BCUT2D eigenvalue weighted by Crippen LogP contribution is 2.18. The molecule has 0 unspecified atom stereocenters. The van der Waals surface area contributed by atoms with Crippen molar-refractivity contribution in [2.75, 3.05) is 16.8 Å². The number of amides is 1. The molecule has 0 aliphatic carbocycles. The van der Waals surface area contributed by atoms with Gasteiger partial charge in [0, 0.05) is 16.8 Å². The molecule has 4 N–H and O–H groups in total. The monoisotopic (exact) mass is 303 g/mol. The number of nitrogen functional groups attached to an aromatic ring is 1. The fourth-order valence-electron chi connectivity index (χ4n) is 1.52. The molecule has 0 saturated carbocycles. The number of aromatic nitrogens is 1. The Kier molecular flexibility index (Phi) is 4.78. The van der Waals surface area contributed by atoms with Crippen LogP contribution < -0.4 is 11.1 Å². The van der Waals surface area contributed by atoms with Gasteiger partial charge in [0.15, 0.2) is 0 Å². The molecule has 0 fully saturated rings. The van der Waals surface area contributed by atoms with Crippen LogP contribution in [0.4, 0.5) is 11.5 Å². The van der Waals surface area contributed by atoms with E-state index in [1.165, 1.54) is 23.9 Å². The number of nitrogens with zero attached hydrogens (tertiary/aromatic N) is 1. The van der Waals surface area contributed by atoms with E-state index >= 15 is 0 Å². The maximum Gasteiger partial charge on any atom is 0.335 e. The molecule has 0 spiro atoms.